The van der Waals surface area contributed by atoms with E-state index in [0.29, 0.717) is 5.82 Å². The first-order chi connectivity index (χ1) is 7.27. The summed E-state index contributed by atoms with van der Waals surface area (Å²) in [7, 11) is 0. The summed E-state index contributed by atoms with van der Waals surface area (Å²) in [6.07, 6.45) is 3.33. The van der Waals surface area contributed by atoms with Crippen molar-refractivity contribution in [2.45, 2.75) is 5.50 Å². The van der Waals surface area contributed by atoms with Gasteiger partial charge in [-0.25, -0.2) is 9.78 Å². The van der Waals surface area contributed by atoms with Crippen LogP contribution in [0.3, 0.4) is 0 Å². The van der Waals surface area contributed by atoms with Gasteiger partial charge in [0.2, 0.25) is 0 Å². The smallest absolute Gasteiger partial charge is 0.321 e. The summed E-state index contributed by atoms with van der Waals surface area (Å²) in [5, 5.41) is 4.90. The maximum absolute atomic E-state index is 11.0. The number of nitrogens with zero attached hydrogens (tertiary/aromatic N) is 2. The minimum absolute atomic E-state index is 0.211. The number of aromatic nitrogens is 1. The zero-order chi connectivity index (χ0) is 10.7. The van der Waals surface area contributed by atoms with Crippen molar-refractivity contribution >= 4 is 23.6 Å². The van der Waals surface area contributed by atoms with Gasteiger partial charge in [0.25, 0.3) is 0 Å². The Kier molecular flexibility index (Phi) is 2.77. The molecule has 0 aromatic carbocycles. The summed E-state index contributed by atoms with van der Waals surface area (Å²) in [5.74, 6) is 0.713. The van der Waals surface area contributed by atoms with Gasteiger partial charge < -0.3 is 11.1 Å². The molecule has 0 radical (unpaired) electrons. The van der Waals surface area contributed by atoms with Crippen LogP contribution in [0.2, 0.25) is 0 Å². The maximum Gasteiger partial charge on any atom is 0.321 e. The molecule has 1 unspecified atom stereocenters. The Morgan fingerprint density at radius 2 is 2.47 bits per heavy atom. The highest BCUT2D eigenvalue weighted by Gasteiger charge is 2.23. The summed E-state index contributed by atoms with van der Waals surface area (Å²) < 4.78 is 0. The third kappa shape index (κ3) is 2.21. The molecule has 2 rings (SSSR count). The average molecular weight is 222 g/mol. The lowest BCUT2D eigenvalue weighted by molar-refractivity contribution is 0.225. The van der Waals surface area contributed by atoms with Gasteiger partial charge in [0.1, 0.15) is 5.82 Å². The van der Waals surface area contributed by atoms with E-state index in [4.69, 9.17) is 5.73 Å². The minimum Gasteiger partial charge on any atom is -0.351 e. The molecule has 0 saturated carbocycles. The summed E-state index contributed by atoms with van der Waals surface area (Å²) in [4.78, 5) is 16.5. The maximum atomic E-state index is 11.0. The van der Waals surface area contributed by atoms with E-state index >= 15 is 0 Å². The van der Waals surface area contributed by atoms with Crippen LogP contribution in [-0.2, 0) is 0 Å². The first kappa shape index (κ1) is 9.85. The van der Waals surface area contributed by atoms with Crippen molar-refractivity contribution in [3.63, 3.8) is 0 Å². The summed E-state index contributed by atoms with van der Waals surface area (Å²) >= 11 is 1.47. The molecular weight excluding hydrogens is 212 g/mol. The SMILES string of the molecule is NC(=O)N1C=CSC1Nc1ccccn1. The molecule has 5 nitrogen and oxygen atoms in total. The molecule has 0 aliphatic carbocycles. The summed E-state index contributed by atoms with van der Waals surface area (Å²) in [6, 6.07) is 5.05. The Labute approximate surface area is 91.3 Å². The number of primary amides is 1. The fourth-order valence-corrected chi connectivity index (χ4v) is 2.03. The number of carbonyl (C=O) groups excluding carboxylic acids is 1. The zero-order valence-electron chi connectivity index (χ0n) is 7.83. The second-order valence-electron chi connectivity index (χ2n) is 2.88. The molecule has 1 aliphatic rings. The average Bonchev–Trinajstić information content (AvgIpc) is 2.67. The second kappa shape index (κ2) is 4.22. The van der Waals surface area contributed by atoms with Crippen molar-refractivity contribution in [3.8, 4) is 0 Å². The zero-order valence-corrected chi connectivity index (χ0v) is 8.65. The molecule has 1 aliphatic heterocycles. The first-order valence-electron chi connectivity index (χ1n) is 4.35. The van der Waals surface area contributed by atoms with Crippen LogP contribution in [0.1, 0.15) is 0 Å². The normalized spacial score (nSPS) is 19.2. The second-order valence-corrected chi connectivity index (χ2v) is 3.87. The predicted octanol–water partition coefficient (Wildman–Crippen LogP) is 1.38. The van der Waals surface area contributed by atoms with Crippen molar-refractivity contribution in [2.24, 2.45) is 5.73 Å². The number of carbonyl (C=O) groups is 1. The summed E-state index contributed by atoms with van der Waals surface area (Å²) in [5.41, 5.74) is 4.99. The number of rotatable bonds is 2. The Bertz CT molecular complexity index is 381. The lowest BCUT2D eigenvalue weighted by Gasteiger charge is -2.21. The number of nitrogens with one attached hydrogen (secondary N) is 1. The van der Waals surface area contributed by atoms with Gasteiger partial charge in [0.05, 0.1) is 0 Å². The highest BCUT2D eigenvalue weighted by Crippen LogP contribution is 2.25. The van der Waals surface area contributed by atoms with Crippen LogP contribution in [-0.4, -0.2) is 21.4 Å². The number of pyridine rings is 1. The molecule has 0 fully saturated rings. The minimum atomic E-state index is -0.482. The van der Waals surface area contributed by atoms with Gasteiger partial charge >= 0.3 is 6.03 Å². The largest absolute Gasteiger partial charge is 0.351 e. The van der Waals surface area contributed by atoms with Gasteiger partial charge in [-0.3, -0.25) is 4.90 Å². The number of hydrogen-bond donors (Lipinski definition) is 2. The van der Waals surface area contributed by atoms with Gasteiger partial charge in [-0.05, 0) is 17.5 Å². The van der Waals surface area contributed by atoms with Crippen LogP contribution in [0.25, 0.3) is 0 Å². The molecule has 78 valence electrons. The number of amides is 2. The van der Waals surface area contributed by atoms with E-state index in [1.165, 1.54) is 16.7 Å². The Balaban J connectivity index is 2.04. The van der Waals surface area contributed by atoms with Crippen LogP contribution < -0.4 is 11.1 Å². The van der Waals surface area contributed by atoms with E-state index in [1.54, 1.807) is 12.4 Å². The molecular formula is C9H10N4OS. The topological polar surface area (TPSA) is 71.2 Å². The summed E-state index contributed by atoms with van der Waals surface area (Å²) in [6.45, 7) is 0. The molecule has 0 bridgehead atoms. The van der Waals surface area contributed by atoms with Crippen molar-refractivity contribution in [2.75, 3.05) is 5.32 Å². The molecule has 1 aromatic rings. The number of urea groups is 1. The van der Waals surface area contributed by atoms with Crippen LogP contribution in [0.5, 0.6) is 0 Å². The fourth-order valence-electron chi connectivity index (χ4n) is 1.19. The lowest BCUT2D eigenvalue weighted by Crippen LogP contribution is -2.39. The molecule has 3 N–H and O–H groups in total. The van der Waals surface area contributed by atoms with E-state index in [2.05, 4.69) is 10.3 Å². The molecule has 1 aromatic heterocycles. The third-order valence-electron chi connectivity index (χ3n) is 1.87. The molecule has 0 saturated heterocycles. The van der Waals surface area contributed by atoms with Gasteiger partial charge in [-0.2, -0.15) is 0 Å². The molecule has 6 heteroatoms. The molecule has 15 heavy (non-hydrogen) atoms. The molecule has 2 heterocycles. The Morgan fingerprint density at radius 1 is 1.60 bits per heavy atom. The first-order valence-corrected chi connectivity index (χ1v) is 5.29. The molecule has 1 atom stereocenters. The number of thioether (sulfide) groups is 1. The number of nitrogens with two attached hydrogens (primary N) is 1. The quantitative estimate of drug-likeness (QED) is 0.793. The monoisotopic (exact) mass is 222 g/mol. The van der Waals surface area contributed by atoms with E-state index in [0.717, 1.165) is 0 Å². The van der Waals surface area contributed by atoms with Crippen molar-refractivity contribution in [3.05, 3.63) is 36.0 Å². The van der Waals surface area contributed by atoms with Gasteiger partial charge in [0, 0.05) is 12.4 Å². The highest BCUT2D eigenvalue weighted by molar-refractivity contribution is 8.03. The highest BCUT2D eigenvalue weighted by atomic mass is 32.2. The standard InChI is InChI=1S/C9H10N4OS/c10-8(14)13-5-6-15-9(13)12-7-3-1-2-4-11-7/h1-6,9H,(H2,10,14)(H,11,12). The Morgan fingerprint density at radius 3 is 3.13 bits per heavy atom. The van der Waals surface area contributed by atoms with Crippen LogP contribution in [0.15, 0.2) is 36.0 Å². The van der Waals surface area contributed by atoms with Gasteiger partial charge in [-0.1, -0.05) is 17.8 Å². The van der Waals surface area contributed by atoms with Gasteiger partial charge in [0.15, 0.2) is 5.50 Å². The van der Waals surface area contributed by atoms with E-state index < -0.39 is 6.03 Å². The molecule has 0 spiro atoms. The van der Waals surface area contributed by atoms with Crippen LogP contribution >= 0.6 is 11.8 Å². The third-order valence-corrected chi connectivity index (χ3v) is 2.75. The van der Waals surface area contributed by atoms with Crippen LogP contribution in [0, 0.1) is 0 Å². The van der Waals surface area contributed by atoms with E-state index in [-0.39, 0.29) is 5.50 Å². The van der Waals surface area contributed by atoms with E-state index in [9.17, 15) is 4.79 Å². The fraction of sp³-hybridized carbons (Fsp3) is 0.111. The van der Waals surface area contributed by atoms with Crippen LogP contribution in [0.4, 0.5) is 10.6 Å². The number of hydrogen-bond acceptors (Lipinski definition) is 4. The Hall–Kier alpha value is -1.69. The van der Waals surface area contributed by atoms with E-state index in [1.807, 2.05) is 23.6 Å². The van der Waals surface area contributed by atoms with Crippen molar-refractivity contribution in [1.82, 2.24) is 9.88 Å². The molecule has 2 amide bonds. The lowest BCUT2D eigenvalue weighted by atomic mass is 10.5. The van der Waals surface area contributed by atoms with Gasteiger partial charge in [-0.15, -0.1) is 0 Å². The van der Waals surface area contributed by atoms with Crippen molar-refractivity contribution in [1.29, 1.82) is 0 Å². The van der Waals surface area contributed by atoms with Crippen molar-refractivity contribution < 1.29 is 4.79 Å². The predicted molar refractivity (Wildman–Crippen MR) is 59.8 cm³/mol. The number of anilines is 1.